The van der Waals surface area contributed by atoms with Crippen LogP contribution >= 0.6 is 11.3 Å². The van der Waals surface area contributed by atoms with Crippen LogP contribution in [0.3, 0.4) is 0 Å². The van der Waals surface area contributed by atoms with E-state index in [1.807, 2.05) is 0 Å². The molecule has 4 aromatic rings. The number of benzene rings is 2. The van der Waals surface area contributed by atoms with Crippen molar-refractivity contribution >= 4 is 28.3 Å². The molecule has 0 saturated heterocycles. The lowest BCUT2D eigenvalue weighted by Crippen LogP contribution is -2.23. The number of hydrogen-bond donors (Lipinski definition) is 2. The van der Waals surface area contributed by atoms with Gasteiger partial charge in [0.15, 0.2) is 22.3 Å². The van der Waals surface area contributed by atoms with Gasteiger partial charge in [0.2, 0.25) is 0 Å². The summed E-state index contributed by atoms with van der Waals surface area (Å²) in [6.45, 7) is 0. The highest BCUT2D eigenvalue weighted by molar-refractivity contribution is 7.15. The van der Waals surface area contributed by atoms with Crippen LogP contribution in [0.4, 0.5) is 4.39 Å². The summed E-state index contributed by atoms with van der Waals surface area (Å²) in [6, 6.07) is 8.64. The molecule has 2 heterocycles. The third kappa shape index (κ3) is 3.21. The van der Waals surface area contributed by atoms with Crippen LogP contribution in [0.5, 0.6) is 11.5 Å². The first-order valence-corrected chi connectivity index (χ1v) is 9.13. The van der Waals surface area contributed by atoms with Crippen molar-refractivity contribution in [1.82, 2.24) is 9.38 Å². The zero-order chi connectivity index (χ0) is 20.7. The Morgan fingerprint density at radius 3 is 2.66 bits per heavy atom. The van der Waals surface area contributed by atoms with Crippen molar-refractivity contribution in [2.75, 3.05) is 7.11 Å². The number of nitrogens with zero attached hydrogens (tertiary/aromatic N) is 2. The number of thiazole rings is 1. The molecule has 0 aliphatic heterocycles. The van der Waals surface area contributed by atoms with E-state index in [0.717, 1.165) is 17.4 Å². The third-order valence-electron chi connectivity index (χ3n) is 4.34. The molecule has 2 N–H and O–H groups in total. The topological polar surface area (TPSA) is 101 Å². The second kappa shape index (κ2) is 7.02. The molecule has 2 aromatic heterocycles. The number of carboxylic acids is 1. The van der Waals surface area contributed by atoms with Crippen molar-refractivity contribution in [2.24, 2.45) is 0 Å². The summed E-state index contributed by atoms with van der Waals surface area (Å²) in [5, 5.41) is 18.6. The number of phenols is 1. The van der Waals surface area contributed by atoms with Gasteiger partial charge in [0.25, 0.3) is 5.56 Å². The van der Waals surface area contributed by atoms with E-state index in [0.29, 0.717) is 26.3 Å². The van der Waals surface area contributed by atoms with E-state index >= 15 is 0 Å². The first kappa shape index (κ1) is 18.6. The second-order valence-electron chi connectivity index (χ2n) is 6.11. The van der Waals surface area contributed by atoms with Gasteiger partial charge in [0.05, 0.1) is 29.1 Å². The zero-order valence-electron chi connectivity index (χ0n) is 14.9. The fourth-order valence-corrected chi connectivity index (χ4v) is 3.87. The van der Waals surface area contributed by atoms with E-state index in [1.54, 1.807) is 12.1 Å². The average Bonchev–Trinajstić information content (AvgIpc) is 3.25. The van der Waals surface area contributed by atoms with Gasteiger partial charge in [0.1, 0.15) is 0 Å². The first-order valence-electron chi connectivity index (χ1n) is 8.31. The van der Waals surface area contributed by atoms with Crippen molar-refractivity contribution < 1.29 is 24.1 Å². The largest absolute Gasteiger partial charge is 0.502 e. The normalized spacial score (nSPS) is 11.9. The van der Waals surface area contributed by atoms with Gasteiger partial charge in [-0.25, -0.2) is 18.6 Å². The molecule has 2 aromatic carbocycles. The number of phenolic OH excluding ortho intramolecular Hbond substituents is 1. The zero-order valence-corrected chi connectivity index (χ0v) is 15.7. The maximum Gasteiger partial charge on any atom is 0.335 e. The number of aromatic carboxylic acids is 1. The molecule has 0 radical (unpaired) electrons. The van der Waals surface area contributed by atoms with E-state index in [2.05, 4.69) is 4.98 Å². The predicted octanol–water partition coefficient (Wildman–Crippen LogP) is 2.52. The Labute approximate surface area is 166 Å². The van der Waals surface area contributed by atoms with Crippen LogP contribution in [0.1, 0.15) is 15.9 Å². The van der Waals surface area contributed by atoms with E-state index in [9.17, 15) is 19.1 Å². The highest BCUT2D eigenvalue weighted by atomic mass is 32.1. The van der Waals surface area contributed by atoms with Gasteiger partial charge in [-0.05, 0) is 35.9 Å². The van der Waals surface area contributed by atoms with E-state index < -0.39 is 17.5 Å². The number of fused-ring (bicyclic) bond motifs is 1. The van der Waals surface area contributed by atoms with Crippen LogP contribution in [0.25, 0.3) is 22.3 Å². The number of carbonyl (C=O) groups is 1. The molecule has 0 saturated carbocycles. The first-order chi connectivity index (χ1) is 13.9. The maximum absolute atomic E-state index is 13.9. The minimum atomic E-state index is -1.04. The van der Waals surface area contributed by atoms with E-state index in [1.165, 1.54) is 42.0 Å². The summed E-state index contributed by atoms with van der Waals surface area (Å²) in [6.07, 6.45) is 3.03. The van der Waals surface area contributed by atoms with Gasteiger partial charge in [-0.15, -0.1) is 0 Å². The molecule has 29 heavy (non-hydrogen) atoms. The van der Waals surface area contributed by atoms with E-state index in [4.69, 9.17) is 9.84 Å². The molecule has 0 spiro atoms. The molecule has 4 rings (SSSR count). The SMILES string of the molecule is COc1cc(C=c2sc3ncc(-c4ccc(C(=O)O)cc4)n3c2=O)cc(F)c1O. The van der Waals surface area contributed by atoms with Crippen LogP contribution in [0.2, 0.25) is 0 Å². The average molecular weight is 412 g/mol. The molecular formula is C20H13FN2O5S. The summed E-state index contributed by atoms with van der Waals surface area (Å²) in [4.78, 5) is 28.6. The molecule has 0 atom stereocenters. The summed E-state index contributed by atoms with van der Waals surface area (Å²) < 4.78 is 20.5. The van der Waals surface area contributed by atoms with Crippen LogP contribution in [0, 0.1) is 5.82 Å². The number of halogens is 1. The van der Waals surface area contributed by atoms with Crippen molar-refractivity contribution in [3.05, 3.63) is 74.4 Å². The standard InChI is InChI=1S/C20H13FN2O5S/c1-28-15-7-10(6-13(21)17(15)24)8-16-18(25)23-14(9-22-20(23)29-16)11-2-4-12(5-3-11)19(26)27/h2-9,24H,1H3,(H,26,27). The Morgan fingerprint density at radius 1 is 1.28 bits per heavy atom. The molecule has 0 unspecified atom stereocenters. The Hall–Kier alpha value is -3.72. The Kier molecular flexibility index (Phi) is 4.51. The summed E-state index contributed by atoms with van der Waals surface area (Å²) in [5.74, 6) is -2.53. The number of methoxy groups -OCH3 is 1. The Bertz CT molecular complexity index is 1360. The second-order valence-corrected chi connectivity index (χ2v) is 7.12. The van der Waals surface area contributed by atoms with Crippen molar-refractivity contribution in [3.63, 3.8) is 0 Å². The van der Waals surface area contributed by atoms with Crippen molar-refractivity contribution in [2.45, 2.75) is 0 Å². The Balaban J connectivity index is 1.84. The van der Waals surface area contributed by atoms with Crippen LogP contribution in [-0.2, 0) is 0 Å². The molecule has 0 amide bonds. The van der Waals surface area contributed by atoms with Gasteiger partial charge in [-0.3, -0.25) is 4.79 Å². The fourth-order valence-electron chi connectivity index (χ4n) is 2.92. The summed E-state index contributed by atoms with van der Waals surface area (Å²) in [5.41, 5.74) is 1.31. The summed E-state index contributed by atoms with van der Waals surface area (Å²) >= 11 is 1.13. The maximum atomic E-state index is 13.9. The molecule has 0 aliphatic rings. The highest BCUT2D eigenvalue weighted by Crippen LogP contribution is 2.30. The van der Waals surface area contributed by atoms with Gasteiger partial charge >= 0.3 is 5.97 Å². The lowest BCUT2D eigenvalue weighted by Gasteiger charge is -2.04. The lowest BCUT2D eigenvalue weighted by atomic mass is 10.1. The van der Waals surface area contributed by atoms with Gasteiger partial charge in [-0.2, -0.15) is 0 Å². The van der Waals surface area contributed by atoms with Crippen LogP contribution in [-0.4, -0.2) is 32.7 Å². The molecule has 9 heteroatoms. The minimum Gasteiger partial charge on any atom is -0.502 e. The monoisotopic (exact) mass is 412 g/mol. The Morgan fingerprint density at radius 2 is 2.00 bits per heavy atom. The van der Waals surface area contributed by atoms with E-state index in [-0.39, 0.29) is 16.9 Å². The van der Waals surface area contributed by atoms with Gasteiger partial charge in [0, 0.05) is 5.56 Å². The van der Waals surface area contributed by atoms with Gasteiger partial charge in [-0.1, -0.05) is 23.5 Å². The molecule has 0 fully saturated rings. The number of hydrogen-bond acceptors (Lipinski definition) is 6. The van der Waals surface area contributed by atoms with Crippen molar-refractivity contribution in [1.29, 1.82) is 0 Å². The van der Waals surface area contributed by atoms with Crippen LogP contribution in [0.15, 0.2) is 47.4 Å². The fraction of sp³-hybridized carbons (Fsp3) is 0.0500. The molecule has 7 nitrogen and oxygen atoms in total. The number of rotatable bonds is 4. The number of aromatic nitrogens is 2. The minimum absolute atomic E-state index is 0.0377. The molecule has 146 valence electrons. The quantitative estimate of drug-likeness (QED) is 0.534. The number of ether oxygens (including phenoxy) is 1. The lowest BCUT2D eigenvalue weighted by molar-refractivity contribution is 0.0697. The molecule has 0 aliphatic carbocycles. The van der Waals surface area contributed by atoms with Crippen molar-refractivity contribution in [3.8, 4) is 22.8 Å². The highest BCUT2D eigenvalue weighted by Gasteiger charge is 2.14. The number of carboxylic acid groups (broad SMARTS) is 1. The third-order valence-corrected chi connectivity index (χ3v) is 5.32. The number of aromatic hydroxyl groups is 1. The van der Waals surface area contributed by atoms with Gasteiger partial charge < -0.3 is 14.9 Å². The molecular weight excluding hydrogens is 399 g/mol. The summed E-state index contributed by atoms with van der Waals surface area (Å²) in [7, 11) is 1.30. The number of imidazole rings is 1. The predicted molar refractivity (Wildman–Crippen MR) is 105 cm³/mol. The van der Waals surface area contributed by atoms with Crippen LogP contribution < -0.4 is 14.8 Å². The molecule has 0 bridgehead atoms. The smallest absolute Gasteiger partial charge is 0.335 e.